The Labute approximate surface area is 185 Å². The zero-order valence-electron chi connectivity index (χ0n) is 18.8. The first-order chi connectivity index (χ1) is 15.4. The standard InChI is InChI=1S/C25H26N2O5/c1-5-15-16-9-14(3)7-8-20(16)26-22-17(15)11-27-21(22)10-19-18(23(27)28)12-31-13-25(19,6-2)32-24(29)30-4/h7-10H,5-6,11-13H2,1-4H3. The molecule has 1 atom stereocenters. The van der Waals surface area contributed by atoms with Crippen molar-refractivity contribution in [2.75, 3.05) is 13.7 Å². The van der Waals surface area contributed by atoms with E-state index in [9.17, 15) is 9.59 Å². The highest BCUT2D eigenvalue weighted by molar-refractivity contribution is 5.88. The second-order valence-corrected chi connectivity index (χ2v) is 8.50. The van der Waals surface area contributed by atoms with Gasteiger partial charge in [0.25, 0.3) is 5.56 Å². The molecule has 2 aliphatic rings. The van der Waals surface area contributed by atoms with Gasteiger partial charge in [-0.25, -0.2) is 9.78 Å². The molecule has 32 heavy (non-hydrogen) atoms. The number of fused-ring (bicyclic) bond motifs is 5. The van der Waals surface area contributed by atoms with Crippen molar-refractivity contribution < 1.29 is 19.0 Å². The summed E-state index contributed by atoms with van der Waals surface area (Å²) < 4.78 is 17.9. The topological polar surface area (TPSA) is 79.7 Å². The maximum Gasteiger partial charge on any atom is 0.508 e. The summed E-state index contributed by atoms with van der Waals surface area (Å²) in [6.45, 7) is 6.95. The molecule has 4 heterocycles. The van der Waals surface area contributed by atoms with Crippen LogP contribution in [0.15, 0.2) is 29.1 Å². The van der Waals surface area contributed by atoms with Crippen LogP contribution in [0.25, 0.3) is 22.3 Å². The average molecular weight is 434 g/mol. The van der Waals surface area contributed by atoms with Gasteiger partial charge in [0.2, 0.25) is 0 Å². The fourth-order valence-electron chi connectivity index (χ4n) is 5.06. The smallest absolute Gasteiger partial charge is 0.438 e. The lowest BCUT2D eigenvalue weighted by Crippen LogP contribution is -2.43. The third-order valence-electron chi connectivity index (χ3n) is 6.76. The van der Waals surface area contributed by atoms with Crippen LogP contribution < -0.4 is 5.56 Å². The van der Waals surface area contributed by atoms with Crippen molar-refractivity contribution >= 4 is 17.1 Å². The Hall–Kier alpha value is -3.19. The van der Waals surface area contributed by atoms with E-state index in [4.69, 9.17) is 19.2 Å². The Morgan fingerprint density at radius 2 is 2.06 bits per heavy atom. The highest BCUT2D eigenvalue weighted by Crippen LogP contribution is 2.41. The van der Waals surface area contributed by atoms with E-state index >= 15 is 0 Å². The Bertz CT molecular complexity index is 1330. The summed E-state index contributed by atoms with van der Waals surface area (Å²) in [5.41, 5.74) is 6.01. The Morgan fingerprint density at radius 1 is 1.25 bits per heavy atom. The number of pyridine rings is 2. The van der Waals surface area contributed by atoms with Crippen LogP contribution in [0.3, 0.4) is 0 Å². The molecule has 0 amide bonds. The van der Waals surface area contributed by atoms with Crippen LogP contribution in [0, 0.1) is 6.92 Å². The number of aryl methyl sites for hydroxylation is 2. The third kappa shape index (κ3) is 2.88. The lowest BCUT2D eigenvalue weighted by Gasteiger charge is -2.37. The maximum atomic E-state index is 13.6. The van der Waals surface area contributed by atoms with Crippen LogP contribution in [0.2, 0.25) is 0 Å². The third-order valence-corrected chi connectivity index (χ3v) is 6.76. The molecule has 7 heteroatoms. The average Bonchev–Trinajstić information content (AvgIpc) is 3.16. The molecule has 1 aromatic carbocycles. The van der Waals surface area contributed by atoms with Crippen LogP contribution in [0.4, 0.5) is 4.79 Å². The molecule has 0 saturated heterocycles. The number of carbonyl (C=O) groups excluding carboxylic acids is 1. The second-order valence-electron chi connectivity index (χ2n) is 8.50. The lowest BCUT2D eigenvalue weighted by molar-refractivity contribution is -0.100. The number of ether oxygens (including phenoxy) is 3. The lowest BCUT2D eigenvalue weighted by atomic mass is 9.86. The van der Waals surface area contributed by atoms with Crippen LogP contribution in [-0.2, 0) is 39.4 Å². The van der Waals surface area contributed by atoms with E-state index in [0.717, 1.165) is 34.3 Å². The monoisotopic (exact) mass is 434 g/mol. The van der Waals surface area contributed by atoms with Gasteiger partial charge in [-0.15, -0.1) is 0 Å². The molecule has 0 spiro atoms. The molecule has 0 aliphatic carbocycles. The maximum absolute atomic E-state index is 13.6. The molecule has 166 valence electrons. The first-order valence-electron chi connectivity index (χ1n) is 11.0. The highest BCUT2D eigenvalue weighted by Gasteiger charge is 2.43. The van der Waals surface area contributed by atoms with Gasteiger partial charge in [0.15, 0.2) is 5.60 Å². The van der Waals surface area contributed by atoms with Crippen LogP contribution in [-0.4, -0.2) is 29.4 Å². The van der Waals surface area contributed by atoms with E-state index in [-0.39, 0.29) is 18.8 Å². The molecule has 3 aromatic rings. The van der Waals surface area contributed by atoms with Gasteiger partial charge in [0.05, 0.1) is 49.3 Å². The van der Waals surface area contributed by atoms with Crippen molar-refractivity contribution in [3.8, 4) is 11.4 Å². The molecule has 2 aliphatic heterocycles. The molecule has 0 saturated carbocycles. The molecule has 7 nitrogen and oxygen atoms in total. The van der Waals surface area contributed by atoms with Gasteiger partial charge < -0.3 is 18.8 Å². The number of aromatic nitrogens is 2. The number of hydrogen-bond donors (Lipinski definition) is 0. The van der Waals surface area contributed by atoms with Gasteiger partial charge in [-0.1, -0.05) is 25.5 Å². The van der Waals surface area contributed by atoms with Crippen molar-refractivity contribution in [1.82, 2.24) is 9.55 Å². The molecular weight excluding hydrogens is 408 g/mol. The predicted octanol–water partition coefficient (Wildman–Crippen LogP) is 4.21. The normalized spacial score (nSPS) is 18.8. The zero-order chi connectivity index (χ0) is 22.6. The van der Waals surface area contributed by atoms with E-state index in [1.807, 2.05) is 19.1 Å². The fourth-order valence-corrected chi connectivity index (χ4v) is 5.06. The fraction of sp³-hybridized carbons (Fsp3) is 0.400. The number of nitrogens with zero attached hydrogens (tertiary/aromatic N) is 2. The summed E-state index contributed by atoms with van der Waals surface area (Å²) in [6.07, 6.45) is 0.507. The van der Waals surface area contributed by atoms with Gasteiger partial charge in [-0.3, -0.25) is 4.79 Å². The number of methoxy groups -OCH3 is 1. The SMILES string of the molecule is CCc1c2c(nc3ccc(C)cc13)-c1cc3c(c(=O)n1C2)COCC3(CC)OC(=O)OC. The molecule has 0 fully saturated rings. The highest BCUT2D eigenvalue weighted by atomic mass is 16.7. The summed E-state index contributed by atoms with van der Waals surface area (Å²) in [4.78, 5) is 30.6. The van der Waals surface area contributed by atoms with Crippen LogP contribution >= 0.6 is 0 Å². The van der Waals surface area contributed by atoms with Crippen LogP contribution in [0.1, 0.15) is 48.1 Å². The number of benzene rings is 1. The van der Waals surface area contributed by atoms with Gasteiger partial charge in [-0.2, -0.15) is 0 Å². The number of carbonyl (C=O) groups is 1. The predicted molar refractivity (Wildman–Crippen MR) is 120 cm³/mol. The van der Waals surface area contributed by atoms with E-state index in [1.54, 1.807) is 4.57 Å². The minimum Gasteiger partial charge on any atom is -0.438 e. The molecular formula is C25H26N2O5. The first-order valence-corrected chi connectivity index (χ1v) is 11.0. The molecule has 2 aromatic heterocycles. The molecule has 0 bridgehead atoms. The summed E-state index contributed by atoms with van der Waals surface area (Å²) in [5, 5.41) is 1.14. The summed E-state index contributed by atoms with van der Waals surface area (Å²) in [6, 6.07) is 8.22. The Morgan fingerprint density at radius 3 is 2.78 bits per heavy atom. The van der Waals surface area contributed by atoms with E-state index in [0.29, 0.717) is 24.1 Å². The minimum absolute atomic E-state index is 0.121. The van der Waals surface area contributed by atoms with Gasteiger partial charge in [-0.05, 0) is 43.5 Å². The Balaban J connectivity index is 1.77. The van der Waals surface area contributed by atoms with Gasteiger partial charge in [0.1, 0.15) is 0 Å². The van der Waals surface area contributed by atoms with E-state index in [2.05, 4.69) is 26.0 Å². The van der Waals surface area contributed by atoms with Gasteiger partial charge >= 0.3 is 6.16 Å². The second kappa shape index (κ2) is 7.45. The van der Waals surface area contributed by atoms with Crippen LogP contribution in [0.5, 0.6) is 0 Å². The van der Waals surface area contributed by atoms with Crippen molar-refractivity contribution in [3.05, 3.63) is 62.4 Å². The summed E-state index contributed by atoms with van der Waals surface area (Å²) >= 11 is 0. The molecule has 0 radical (unpaired) electrons. The quantitative estimate of drug-likeness (QED) is 0.449. The van der Waals surface area contributed by atoms with Crippen molar-refractivity contribution in [1.29, 1.82) is 0 Å². The largest absolute Gasteiger partial charge is 0.508 e. The Kier molecular flexibility index (Phi) is 4.82. The first kappa shape index (κ1) is 20.7. The van der Waals surface area contributed by atoms with Crippen molar-refractivity contribution in [3.63, 3.8) is 0 Å². The number of rotatable bonds is 3. The molecule has 0 N–H and O–H groups in total. The van der Waals surface area contributed by atoms with Gasteiger partial charge in [0, 0.05) is 16.5 Å². The molecule has 1 unspecified atom stereocenters. The number of hydrogen-bond acceptors (Lipinski definition) is 6. The van der Waals surface area contributed by atoms with E-state index in [1.165, 1.54) is 18.2 Å². The zero-order valence-corrected chi connectivity index (χ0v) is 18.8. The minimum atomic E-state index is -1.07. The molecule has 5 rings (SSSR count). The summed E-state index contributed by atoms with van der Waals surface area (Å²) in [5.74, 6) is 0. The van der Waals surface area contributed by atoms with Crippen molar-refractivity contribution in [2.45, 2.75) is 52.4 Å². The van der Waals surface area contributed by atoms with Crippen molar-refractivity contribution in [2.24, 2.45) is 0 Å². The summed E-state index contributed by atoms with van der Waals surface area (Å²) in [7, 11) is 1.27. The van der Waals surface area contributed by atoms with E-state index < -0.39 is 11.8 Å².